The molecule has 206 valence electrons. The number of fused-ring (bicyclic) bond motifs is 1. The topological polar surface area (TPSA) is 106 Å². The van der Waals surface area contributed by atoms with E-state index >= 15 is 0 Å². The van der Waals surface area contributed by atoms with Crippen LogP contribution in [0.3, 0.4) is 0 Å². The molecule has 8 nitrogen and oxygen atoms in total. The number of hydrogen-bond acceptors (Lipinski definition) is 6. The fourth-order valence-corrected chi connectivity index (χ4v) is 5.45. The van der Waals surface area contributed by atoms with Gasteiger partial charge in [0.05, 0.1) is 15.6 Å². The molecule has 1 unspecified atom stereocenters. The Morgan fingerprint density at radius 1 is 1.10 bits per heavy atom. The van der Waals surface area contributed by atoms with Crippen LogP contribution in [0.1, 0.15) is 19.4 Å². The lowest BCUT2D eigenvalue weighted by Gasteiger charge is -2.23. The number of aromatic nitrogens is 3. The van der Waals surface area contributed by atoms with Gasteiger partial charge in [-0.2, -0.15) is 13.2 Å². The van der Waals surface area contributed by atoms with Gasteiger partial charge in [0.2, 0.25) is 5.91 Å². The fraction of sp³-hybridized carbons (Fsp3) is 0.269. The molecule has 0 aliphatic rings. The summed E-state index contributed by atoms with van der Waals surface area (Å²) in [6.45, 7) is 3.79. The molecule has 2 N–H and O–H groups in total. The van der Waals surface area contributed by atoms with E-state index in [4.69, 9.17) is 11.6 Å². The van der Waals surface area contributed by atoms with Gasteiger partial charge in [0.15, 0.2) is 5.65 Å². The predicted molar refractivity (Wildman–Crippen MR) is 143 cm³/mol. The van der Waals surface area contributed by atoms with Gasteiger partial charge in [-0.25, -0.2) is 17.4 Å². The minimum atomic E-state index is -4.54. The van der Waals surface area contributed by atoms with Gasteiger partial charge in [0, 0.05) is 41.3 Å². The first-order valence-corrected chi connectivity index (χ1v) is 13.6. The first kappa shape index (κ1) is 28.4. The fourth-order valence-electron chi connectivity index (χ4n) is 3.97. The first-order valence-electron chi connectivity index (χ1n) is 11.8. The monoisotopic (exact) mass is 579 g/mol. The van der Waals surface area contributed by atoms with Crippen molar-refractivity contribution >= 4 is 44.3 Å². The van der Waals surface area contributed by atoms with Crippen LogP contribution >= 0.6 is 11.6 Å². The van der Waals surface area contributed by atoms with Crippen LogP contribution in [0.5, 0.6) is 0 Å². The van der Waals surface area contributed by atoms with Crippen molar-refractivity contribution in [2.24, 2.45) is 5.92 Å². The number of carbonyl (C=O) groups excluding carboxylic acids is 1. The maximum absolute atomic E-state index is 13.5. The summed E-state index contributed by atoms with van der Waals surface area (Å²) in [5.41, 5.74) is 2.34. The van der Waals surface area contributed by atoms with E-state index in [0.29, 0.717) is 22.2 Å². The zero-order valence-corrected chi connectivity index (χ0v) is 22.7. The Kier molecular flexibility index (Phi) is 7.89. The number of hydrogen-bond donors (Lipinski definition) is 2. The average Bonchev–Trinajstić information content (AvgIpc) is 3.25. The first-order chi connectivity index (χ1) is 18.3. The number of amides is 1. The summed E-state index contributed by atoms with van der Waals surface area (Å²) < 4.78 is 65.9. The van der Waals surface area contributed by atoms with Crippen molar-refractivity contribution in [3.05, 3.63) is 71.8 Å². The zero-order valence-electron chi connectivity index (χ0n) is 21.1. The quantitative estimate of drug-likeness (QED) is 0.289. The van der Waals surface area contributed by atoms with E-state index in [1.807, 2.05) is 12.2 Å². The molecule has 0 fully saturated rings. The second-order valence-corrected chi connectivity index (χ2v) is 11.6. The number of anilines is 1. The summed E-state index contributed by atoms with van der Waals surface area (Å²) in [4.78, 5) is 21.0. The molecule has 0 aliphatic carbocycles. The van der Waals surface area contributed by atoms with Crippen molar-refractivity contribution in [2.45, 2.75) is 37.9 Å². The third-order valence-electron chi connectivity index (χ3n) is 5.94. The average molecular weight is 580 g/mol. The number of carbonyl (C=O) groups is 1. The number of benzene rings is 1. The molecule has 0 bridgehead atoms. The molecule has 0 radical (unpaired) electrons. The molecule has 0 saturated carbocycles. The largest absolute Gasteiger partial charge is 0.405 e. The highest BCUT2D eigenvalue weighted by Gasteiger charge is 2.31. The van der Waals surface area contributed by atoms with E-state index in [9.17, 15) is 26.4 Å². The van der Waals surface area contributed by atoms with Crippen LogP contribution in [0.4, 0.5) is 18.9 Å². The van der Waals surface area contributed by atoms with E-state index in [1.165, 1.54) is 36.9 Å². The van der Waals surface area contributed by atoms with E-state index in [1.54, 1.807) is 38.1 Å². The SMILES string of the molecule is Cc1ccc(S(=O)(=O)n2cc(-c3cncc(NC(C(=O)NCC(F)(F)F)C(C)C)c3)c3cc(Cl)cnc32)cc1. The minimum Gasteiger partial charge on any atom is -0.372 e. The Bertz CT molecular complexity index is 1620. The lowest BCUT2D eigenvalue weighted by Crippen LogP contribution is -2.46. The number of alkyl halides is 3. The van der Waals surface area contributed by atoms with Gasteiger partial charge in [0.25, 0.3) is 10.0 Å². The summed E-state index contributed by atoms with van der Waals surface area (Å²) in [7, 11) is -4.02. The Morgan fingerprint density at radius 2 is 1.79 bits per heavy atom. The van der Waals surface area contributed by atoms with E-state index in [-0.39, 0.29) is 21.5 Å². The summed E-state index contributed by atoms with van der Waals surface area (Å²) in [6, 6.07) is 8.63. The van der Waals surface area contributed by atoms with Crippen LogP contribution in [-0.2, 0) is 14.8 Å². The molecule has 3 aromatic heterocycles. The maximum Gasteiger partial charge on any atom is 0.405 e. The number of rotatable bonds is 8. The second kappa shape index (κ2) is 10.9. The van der Waals surface area contributed by atoms with Crippen molar-refractivity contribution in [1.29, 1.82) is 0 Å². The number of nitrogens with one attached hydrogen (secondary N) is 2. The van der Waals surface area contributed by atoms with Crippen LogP contribution in [0.25, 0.3) is 22.2 Å². The van der Waals surface area contributed by atoms with Crippen LogP contribution in [0.2, 0.25) is 5.02 Å². The molecule has 0 aliphatic heterocycles. The lowest BCUT2D eigenvalue weighted by molar-refractivity contribution is -0.139. The summed E-state index contributed by atoms with van der Waals surface area (Å²) >= 11 is 6.19. The highest BCUT2D eigenvalue weighted by molar-refractivity contribution is 7.90. The van der Waals surface area contributed by atoms with Crippen LogP contribution in [-0.4, -0.2) is 47.0 Å². The number of aryl methyl sites for hydroxylation is 1. The zero-order chi connectivity index (χ0) is 28.5. The maximum atomic E-state index is 13.5. The van der Waals surface area contributed by atoms with E-state index in [2.05, 4.69) is 15.3 Å². The minimum absolute atomic E-state index is 0.0755. The van der Waals surface area contributed by atoms with E-state index in [0.717, 1.165) is 9.54 Å². The molecule has 0 spiro atoms. The van der Waals surface area contributed by atoms with Crippen molar-refractivity contribution in [3.63, 3.8) is 0 Å². The van der Waals surface area contributed by atoms with Gasteiger partial charge in [-0.15, -0.1) is 0 Å². The molecule has 13 heteroatoms. The van der Waals surface area contributed by atoms with Crippen LogP contribution < -0.4 is 10.6 Å². The summed E-state index contributed by atoms with van der Waals surface area (Å²) in [5.74, 6) is -1.17. The van der Waals surface area contributed by atoms with Crippen molar-refractivity contribution < 1.29 is 26.4 Å². The molecule has 4 aromatic rings. The Balaban J connectivity index is 1.74. The van der Waals surface area contributed by atoms with Crippen molar-refractivity contribution in [2.75, 3.05) is 11.9 Å². The van der Waals surface area contributed by atoms with Gasteiger partial charge in [-0.05, 0) is 37.1 Å². The number of nitrogens with zero attached hydrogens (tertiary/aromatic N) is 3. The Morgan fingerprint density at radius 3 is 2.44 bits per heavy atom. The van der Waals surface area contributed by atoms with Crippen LogP contribution in [0, 0.1) is 12.8 Å². The Hall–Kier alpha value is -3.64. The highest BCUT2D eigenvalue weighted by Crippen LogP contribution is 2.34. The molecule has 0 saturated heterocycles. The predicted octanol–water partition coefficient (Wildman–Crippen LogP) is 5.41. The number of pyridine rings is 2. The van der Waals surface area contributed by atoms with E-state index < -0.39 is 34.7 Å². The summed E-state index contributed by atoms with van der Waals surface area (Å²) in [5, 5.41) is 5.58. The van der Waals surface area contributed by atoms with Gasteiger partial charge in [-0.3, -0.25) is 9.78 Å². The molecule has 39 heavy (non-hydrogen) atoms. The third-order valence-corrected chi connectivity index (χ3v) is 7.81. The van der Waals surface area contributed by atoms with Crippen molar-refractivity contribution in [1.82, 2.24) is 19.3 Å². The van der Waals surface area contributed by atoms with Gasteiger partial charge < -0.3 is 10.6 Å². The Labute approximate surface area is 228 Å². The van der Waals surface area contributed by atoms with Gasteiger partial charge in [-0.1, -0.05) is 43.1 Å². The van der Waals surface area contributed by atoms with Crippen molar-refractivity contribution in [3.8, 4) is 11.1 Å². The molecular formula is C26H25ClF3N5O3S. The molecular weight excluding hydrogens is 555 g/mol. The normalized spacial score (nSPS) is 13.0. The molecule has 1 amide bonds. The molecule has 4 rings (SSSR count). The summed E-state index contributed by atoms with van der Waals surface area (Å²) in [6.07, 6.45) is 1.14. The molecule has 1 atom stereocenters. The number of halogens is 4. The third kappa shape index (κ3) is 6.34. The lowest BCUT2D eigenvalue weighted by atomic mass is 10.0. The second-order valence-electron chi connectivity index (χ2n) is 9.34. The highest BCUT2D eigenvalue weighted by atomic mass is 35.5. The smallest absolute Gasteiger partial charge is 0.372 e. The standard InChI is InChI=1S/C26H25ClF3N5O3S/c1-15(2)23(25(36)33-14-26(28,29)30)34-19-8-17(10-31-12-19)22-13-35(24-21(22)9-18(27)11-32-24)39(37,38)20-6-4-16(3)5-7-20/h4-13,15,23,34H,14H2,1-3H3,(H,33,36). The van der Waals surface area contributed by atoms with Crippen LogP contribution in [0.15, 0.2) is 66.1 Å². The molecule has 3 heterocycles. The van der Waals surface area contributed by atoms with Gasteiger partial charge in [0.1, 0.15) is 12.6 Å². The molecule has 1 aromatic carbocycles. The van der Waals surface area contributed by atoms with Gasteiger partial charge >= 0.3 is 6.18 Å².